The molecule has 0 radical (unpaired) electrons. The molecule has 17 heavy (non-hydrogen) atoms. The van der Waals surface area contributed by atoms with Gasteiger partial charge in [0.2, 0.25) is 0 Å². The molecule has 3 rings (SSSR count). The summed E-state index contributed by atoms with van der Waals surface area (Å²) >= 11 is 0. The molecule has 5 heteroatoms. The molecule has 0 amide bonds. The molecule has 2 saturated heterocycles. The molecule has 1 N–H and O–H groups in total. The molecule has 1 aromatic heterocycles. The van der Waals surface area contributed by atoms with Crippen LogP contribution in [0.5, 0.6) is 5.75 Å². The maximum Gasteiger partial charge on any atom is 0.122 e. The van der Waals surface area contributed by atoms with Gasteiger partial charge in [0.1, 0.15) is 11.9 Å². The number of aromatic nitrogens is 1. The molecule has 0 unspecified atom stereocenters. The summed E-state index contributed by atoms with van der Waals surface area (Å²) in [5, 5.41) is 3.61. The lowest BCUT2D eigenvalue weighted by Gasteiger charge is -2.29. The Bertz CT molecular complexity index is 325. The predicted octanol–water partition coefficient (Wildman–Crippen LogP) is 2.59. The van der Waals surface area contributed by atoms with Crippen LogP contribution < -0.4 is 10.1 Å². The Balaban J connectivity index is 0.000000722. The summed E-state index contributed by atoms with van der Waals surface area (Å²) in [6.07, 6.45) is 8.90. The van der Waals surface area contributed by atoms with Crippen molar-refractivity contribution in [3.63, 3.8) is 0 Å². The van der Waals surface area contributed by atoms with Crippen LogP contribution in [0.2, 0.25) is 0 Å². The molecule has 1 aromatic rings. The standard InChI is InChI=1S/C12H16N2O.2ClH/c1-2-10-8-12(7-9(1)14-10)15-11-3-5-13-6-4-11;;/h3-6,9-10,12,14H,1-2,7-8H2;2*1H/t9-,10+,12-;;. The van der Waals surface area contributed by atoms with E-state index in [1.165, 1.54) is 12.8 Å². The number of nitrogens with zero attached hydrogens (tertiary/aromatic N) is 1. The molecule has 0 aliphatic carbocycles. The molecule has 2 aliphatic rings. The number of hydrogen-bond acceptors (Lipinski definition) is 3. The molecule has 2 fully saturated rings. The van der Waals surface area contributed by atoms with Crippen molar-refractivity contribution in [1.29, 1.82) is 0 Å². The second-order valence-electron chi connectivity index (χ2n) is 4.53. The molecule has 0 spiro atoms. The van der Waals surface area contributed by atoms with Crippen LogP contribution in [0.3, 0.4) is 0 Å². The fraction of sp³-hybridized carbons (Fsp3) is 0.583. The molecular weight excluding hydrogens is 259 g/mol. The van der Waals surface area contributed by atoms with Crippen LogP contribution in [0, 0.1) is 0 Å². The second kappa shape index (κ2) is 6.43. The fourth-order valence-electron chi connectivity index (χ4n) is 2.71. The van der Waals surface area contributed by atoms with Gasteiger partial charge in [0.05, 0.1) is 0 Å². The third-order valence-corrected chi connectivity index (χ3v) is 3.38. The number of halogens is 2. The van der Waals surface area contributed by atoms with Crippen molar-refractivity contribution in [2.75, 3.05) is 0 Å². The molecule has 96 valence electrons. The summed E-state index contributed by atoms with van der Waals surface area (Å²) in [7, 11) is 0. The van der Waals surface area contributed by atoms with E-state index in [1.807, 2.05) is 12.1 Å². The Kier molecular flexibility index (Phi) is 5.50. The SMILES string of the molecule is Cl.Cl.c1cc(O[C@@H]2C[C@H]3CC[C@@H](C2)N3)ccn1. The summed E-state index contributed by atoms with van der Waals surface area (Å²) in [5.41, 5.74) is 0. The largest absolute Gasteiger partial charge is 0.490 e. The first kappa shape index (κ1) is 14.6. The third kappa shape index (κ3) is 3.47. The van der Waals surface area contributed by atoms with Crippen LogP contribution >= 0.6 is 24.8 Å². The van der Waals surface area contributed by atoms with Crippen molar-refractivity contribution in [1.82, 2.24) is 10.3 Å². The van der Waals surface area contributed by atoms with Gasteiger partial charge in [-0.05, 0) is 37.8 Å². The minimum Gasteiger partial charge on any atom is -0.490 e. The normalized spacial score (nSPS) is 30.0. The predicted molar refractivity (Wildman–Crippen MR) is 72.3 cm³/mol. The Morgan fingerprint density at radius 2 is 1.65 bits per heavy atom. The Hall–Kier alpha value is -0.510. The maximum atomic E-state index is 5.96. The number of pyridine rings is 1. The highest BCUT2D eigenvalue weighted by Gasteiger charge is 2.34. The number of hydrogen-bond donors (Lipinski definition) is 1. The average Bonchev–Trinajstić information content (AvgIpc) is 2.60. The minimum atomic E-state index is 0. The lowest BCUT2D eigenvalue weighted by atomic mass is 10.0. The van der Waals surface area contributed by atoms with Crippen molar-refractivity contribution in [2.24, 2.45) is 0 Å². The lowest BCUT2D eigenvalue weighted by molar-refractivity contribution is 0.137. The number of fused-ring (bicyclic) bond motifs is 2. The fourth-order valence-corrected chi connectivity index (χ4v) is 2.71. The van der Waals surface area contributed by atoms with E-state index in [0.717, 1.165) is 18.6 Å². The van der Waals surface area contributed by atoms with Gasteiger partial charge in [-0.1, -0.05) is 0 Å². The number of piperidine rings is 1. The van der Waals surface area contributed by atoms with E-state index in [1.54, 1.807) is 12.4 Å². The van der Waals surface area contributed by atoms with Crippen LogP contribution in [0.1, 0.15) is 25.7 Å². The molecule has 3 heterocycles. The summed E-state index contributed by atoms with van der Waals surface area (Å²) in [6, 6.07) is 5.25. The van der Waals surface area contributed by atoms with Gasteiger partial charge < -0.3 is 10.1 Å². The second-order valence-corrected chi connectivity index (χ2v) is 4.53. The van der Waals surface area contributed by atoms with E-state index >= 15 is 0 Å². The zero-order valence-corrected chi connectivity index (χ0v) is 11.2. The van der Waals surface area contributed by atoms with Gasteiger partial charge in [0.15, 0.2) is 0 Å². The molecule has 3 atom stereocenters. The number of rotatable bonds is 2. The van der Waals surface area contributed by atoms with E-state index in [4.69, 9.17) is 4.74 Å². The van der Waals surface area contributed by atoms with Gasteiger partial charge in [-0.2, -0.15) is 0 Å². The quantitative estimate of drug-likeness (QED) is 0.902. The number of nitrogens with one attached hydrogen (secondary N) is 1. The first-order chi connectivity index (χ1) is 7.40. The Labute approximate surface area is 114 Å². The van der Waals surface area contributed by atoms with Gasteiger partial charge >= 0.3 is 0 Å². The highest BCUT2D eigenvalue weighted by Crippen LogP contribution is 2.29. The third-order valence-electron chi connectivity index (χ3n) is 3.38. The Morgan fingerprint density at radius 1 is 1.06 bits per heavy atom. The summed E-state index contributed by atoms with van der Waals surface area (Å²) < 4.78 is 5.96. The lowest BCUT2D eigenvalue weighted by Crippen LogP contribution is -2.42. The van der Waals surface area contributed by atoms with Crippen LogP contribution in [-0.2, 0) is 0 Å². The average molecular weight is 277 g/mol. The maximum absolute atomic E-state index is 5.96. The van der Waals surface area contributed by atoms with Crippen molar-refractivity contribution in [3.05, 3.63) is 24.5 Å². The first-order valence-corrected chi connectivity index (χ1v) is 5.73. The zero-order valence-electron chi connectivity index (χ0n) is 9.54. The van der Waals surface area contributed by atoms with E-state index in [9.17, 15) is 0 Å². The Morgan fingerprint density at radius 3 is 2.24 bits per heavy atom. The van der Waals surface area contributed by atoms with Gasteiger partial charge in [-0.15, -0.1) is 24.8 Å². The van der Waals surface area contributed by atoms with Gasteiger partial charge in [0.25, 0.3) is 0 Å². The monoisotopic (exact) mass is 276 g/mol. The van der Waals surface area contributed by atoms with E-state index in [2.05, 4.69) is 10.3 Å². The van der Waals surface area contributed by atoms with Crippen LogP contribution in [-0.4, -0.2) is 23.2 Å². The first-order valence-electron chi connectivity index (χ1n) is 5.73. The van der Waals surface area contributed by atoms with Crippen molar-refractivity contribution in [3.8, 4) is 5.75 Å². The van der Waals surface area contributed by atoms with E-state index in [-0.39, 0.29) is 24.8 Å². The molecule has 2 aliphatic heterocycles. The van der Waals surface area contributed by atoms with Crippen molar-refractivity contribution >= 4 is 24.8 Å². The molecule has 0 aromatic carbocycles. The highest BCUT2D eigenvalue weighted by atomic mass is 35.5. The molecular formula is C12H18Cl2N2O. The van der Waals surface area contributed by atoms with Crippen LogP contribution in [0.25, 0.3) is 0 Å². The van der Waals surface area contributed by atoms with E-state index in [0.29, 0.717) is 18.2 Å². The van der Waals surface area contributed by atoms with Crippen molar-refractivity contribution in [2.45, 2.75) is 43.9 Å². The summed E-state index contributed by atoms with van der Waals surface area (Å²) in [4.78, 5) is 3.99. The smallest absolute Gasteiger partial charge is 0.122 e. The van der Waals surface area contributed by atoms with Gasteiger partial charge in [-0.25, -0.2) is 0 Å². The number of ether oxygens (including phenoxy) is 1. The van der Waals surface area contributed by atoms with Gasteiger partial charge in [-0.3, -0.25) is 4.98 Å². The van der Waals surface area contributed by atoms with E-state index < -0.39 is 0 Å². The minimum absolute atomic E-state index is 0. The zero-order chi connectivity index (χ0) is 10.1. The molecule has 2 bridgehead atoms. The van der Waals surface area contributed by atoms with Gasteiger partial charge in [0, 0.05) is 24.5 Å². The topological polar surface area (TPSA) is 34.1 Å². The van der Waals surface area contributed by atoms with Crippen LogP contribution in [0.15, 0.2) is 24.5 Å². The summed E-state index contributed by atoms with van der Waals surface area (Å²) in [5.74, 6) is 0.955. The molecule has 3 nitrogen and oxygen atoms in total. The van der Waals surface area contributed by atoms with Crippen molar-refractivity contribution < 1.29 is 4.74 Å². The molecule has 0 saturated carbocycles. The highest BCUT2D eigenvalue weighted by molar-refractivity contribution is 5.85. The summed E-state index contributed by atoms with van der Waals surface area (Å²) in [6.45, 7) is 0. The van der Waals surface area contributed by atoms with Crippen LogP contribution in [0.4, 0.5) is 0 Å².